The fourth-order valence-corrected chi connectivity index (χ4v) is 5.04. The summed E-state index contributed by atoms with van der Waals surface area (Å²) in [6.45, 7) is 3.45. The summed E-state index contributed by atoms with van der Waals surface area (Å²) in [6, 6.07) is 13.6. The van der Waals surface area contributed by atoms with Crippen molar-refractivity contribution in [1.82, 2.24) is 4.98 Å². The molecule has 1 atom stereocenters. The monoisotopic (exact) mass is 465 g/mol. The Hall–Kier alpha value is -3.11. The first-order valence-electron chi connectivity index (χ1n) is 10.9. The van der Waals surface area contributed by atoms with Crippen molar-refractivity contribution >= 4 is 23.5 Å². The van der Waals surface area contributed by atoms with Crippen molar-refractivity contribution in [1.29, 1.82) is 10.5 Å². The van der Waals surface area contributed by atoms with Crippen molar-refractivity contribution in [2.45, 2.75) is 42.6 Å². The summed E-state index contributed by atoms with van der Waals surface area (Å²) >= 11 is 1.14. The Bertz CT molecular complexity index is 1060. The number of primary amides is 1. The summed E-state index contributed by atoms with van der Waals surface area (Å²) in [6.07, 6.45) is 2.01. The Balaban J connectivity index is 2.00. The van der Waals surface area contributed by atoms with E-state index in [9.17, 15) is 15.3 Å². The van der Waals surface area contributed by atoms with E-state index in [0.29, 0.717) is 53.7 Å². The van der Waals surface area contributed by atoms with Crippen molar-refractivity contribution < 1.29 is 14.6 Å². The summed E-state index contributed by atoms with van der Waals surface area (Å²) in [5, 5.41) is 28.5. The standard InChI is InChI=1S/C24H27N5O3S/c1-2-18-19(14-25)23(29-10-8-17(9-11-29)32-13-12-30)28-24(20(18)15-26)33-21(22(27)31)16-6-4-3-5-7-16/h3-7,17,21,30H,2,8-13H2,1H3,(H2,27,31). The SMILES string of the molecule is CCc1c(C#N)c(SC(C(N)=O)c2ccccc2)nc(N2CCC(OCCO)CC2)c1C#N. The van der Waals surface area contributed by atoms with Gasteiger partial charge < -0.3 is 20.5 Å². The van der Waals surface area contributed by atoms with Gasteiger partial charge in [-0.25, -0.2) is 4.98 Å². The Morgan fingerprint density at radius 3 is 2.48 bits per heavy atom. The normalized spacial score (nSPS) is 15.0. The van der Waals surface area contributed by atoms with Crippen LogP contribution in [0.15, 0.2) is 35.4 Å². The third kappa shape index (κ3) is 5.63. The number of anilines is 1. The molecule has 1 aliphatic rings. The molecule has 1 aromatic carbocycles. The van der Waals surface area contributed by atoms with Crippen LogP contribution < -0.4 is 10.6 Å². The van der Waals surface area contributed by atoms with Gasteiger partial charge in [-0.15, -0.1) is 0 Å². The van der Waals surface area contributed by atoms with E-state index in [1.807, 2.05) is 42.2 Å². The summed E-state index contributed by atoms with van der Waals surface area (Å²) in [5.41, 5.74) is 7.76. The number of carbonyl (C=O) groups is 1. The zero-order valence-electron chi connectivity index (χ0n) is 18.5. The Morgan fingerprint density at radius 2 is 1.94 bits per heavy atom. The summed E-state index contributed by atoms with van der Waals surface area (Å²) < 4.78 is 5.65. The number of hydrogen-bond donors (Lipinski definition) is 2. The third-order valence-electron chi connectivity index (χ3n) is 5.60. The minimum Gasteiger partial charge on any atom is -0.394 e. The lowest BCUT2D eigenvalue weighted by Gasteiger charge is -2.34. The number of aliphatic hydroxyl groups excluding tert-OH is 1. The molecule has 9 heteroatoms. The van der Waals surface area contributed by atoms with Gasteiger partial charge in [0.15, 0.2) is 0 Å². The van der Waals surface area contributed by atoms with E-state index in [0.717, 1.165) is 30.2 Å². The van der Waals surface area contributed by atoms with Crippen LogP contribution in [0.5, 0.6) is 0 Å². The number of nitrogens with zero attached hydrogens (tertiary/aromatic N) is 4. The molecule has 1 saturated heterocycles. The average Bonchev–Trinajstić information content (AvgIpc) is 2.85. The van der Waals surface area contributed by atoms with Gasteiger partial charge >= 0.3 is 0 Å². The molecule has 0 aliphatic carbocycles. The zero-order chi connectivity index (χ0) is 23.8. The first kappa shape index (κ1) is 24.5. The van der Waals surface area contributed by atoms with Gasteiger partial charge in [0.1, 0.15) is 28.2 Å². The number of thioether (sulfide) groups is 1. The van der Waals surface area contributed by atoms with Crippen LogP contribution in [0.1, 0.15) is 47.3 Å². The number of piperidine rings is 1. The number of aromatic nitrogens is 1. The molecular formula is C24H27N5O3S. The number of carbonyl (C=O) groups excluding carboxylic acids is 1. The highest BCUT2D eigenvalue weighted by atomic mass is 32.2. The Kier molecular flexibility index (Phi) is 8.67. The minimum atomic E-state index is -0.714. The second-order valence-electron chi connectivity index (χ2n) is 7.64. The number of pyridine rings is 1. The molecule has 8 nitrogen and oxygen atoms in total. The number of hydrogen-bond acceptors (Lipinski definition) is 8. The fourth-order valence-electron chi connectivity index (χ4n) is 3.98. The van der Waals surface area contributed by atoms with E-state index in [1.54, 1.807) is 0 Å². The number of rotatable bonds is 9. The average molecular weight is 466 g/mol. The molecule has 2 heterocycles. The Morgan fingerprint density at radius 1 is 1.27 bits per heavy atom. The molecule has 0 saturated carbocycles. The molecule has 33 heavy (non-hydrogen) atoms. The van der Waals surface area contributed by atoms with Crippen LogP contribution in [-0.2, 0) is 16.0 Å². The molecule has 3 N–H and O–H groups in total. The van der Waals surface area contributed by atoms with E-state index in [1.165, 1.54) is 0 Å². The topological polar surface area (TPSA) is 136 Å². The highest BCUT2D eigenvalue weighted by Gasteiger charge is 2.29. The highest BCUT2D eigenvalue weighted by molar-refractivity contribution is 8.00. The lowest BCUT2D eigenvalue weighted by Crippen LogP contribution is -2.38. The van der Waals surface area contributed by atoms with Gasteiger partial charge in [0.05, 0.1) is 30.4 Å². The Labute approximate surface area is 198 Å². The third-order valence-corrected chi connectivity index (χ3v) is 6.86. The van der Waals surface area contributed by atoms with Gasteiger partial charge in [0.2, 0.25) is 5.91 Å². The van der Waals surface area contributed by atoms with Crippen LogP contribution in [0.25, 0.3) is 0 Å². The smallest absolute Gasteiger partial charge is 0.235 e. The number of ether oxygens (including phenoxy) is 1. The fraction of sp³-hybridized carbons (Fsp3) is 0.417. The van der Waals surface area contributed by atoms with Crippen molar-refractivity contribution in [2.24, 2.45) is 5.73 Å². The van der Waals surface area contributed by atoms with Gasteiger partial charge in [-0.3, -0.25) is 4.79 Å². The summed E-state index contributed by atoms with van der Waals surface area (Å²) in [4.78, 5) is 19.1. The molecule has 1 aromatic heterocycles. The highest BCUT2D eigenvalue weighted by Crippen LogP contribution is 2.39. The van der Waals surface area contributed by atoms with E-state index in [2.05, 4.69) is 12.1 Å². The van der Waals surface area contributed by atoms with Crippen molar-refractivity contribution in [3.05, 3.63) is 52.6 Å². The minimum absolute atomic E-state index is 0.0150. The first-order valence-corrected chi connectivity index (χ1v) is 11.8. The molecule has 1 unspecified atom stereocenters. The van der Waals surface area contributed by atoms with Gasteiger partial charge in [-0.1, -0.05) is 49.0 Å². The number of nitriles is 2. The maximum Gasteiger partial charge on any atom is 0.235 e. The van der Waals surface area contributed by atoms with E-state index < -0.39 is 11.2 Å². The van der Waals surface area contributed by atoms with Crippen molar-refractivity contribution in [3.8, 4) is 12.1 Å². The predicted octanol–water partition coefficient (Wildman–Crippen LogP) is 2.68. The summed E-state index contributed by atoms with van der Waals surface area (Å²) in [7, 11) is 0. The zero-order valence-corrected chi connectivity index (χ0v) is 19.3. The number of amides is 1. The van der Waals surface area contributed by atoms with Gasteiger partial charge in [-0.2, -0.15) is 10.5 Å². The van der Waals surface area contributed by atoms with Gasteiger partial charge in [-0.05, 0) is 30.4 Å². The van der Waals surface area contributed by atoms with Crippen LogP contribution in [0.2, 0.25) is 0 Å². The maximum atomic E-state index is 12.3. The van der Waals surface area contributed by atoms with E-state index >= 15 is 0 Å². The van der Waals surface area contributed by atoms with Crippen LogP contribution >= 0.6 is 11.8 Å². The van der Waals surface area contributed by atoms with Crippen LogP contribution in [-0.4, -0.2) is 48.4 Å². The van der Waals surface area contributed by atoms with Gasteiger partial charge in [0, 0.05) is 13.1 Å². The quantitative estimate of drug-likeness (QED) is 0.540. The van der Waals surface area contributed by atoms with Crippen LogP contribution in [0.3, 0.4) is 0 Å². The lowest BCUT2D eigenvalue weighted by molar-refractivity contribution is -0.117. The number of aliphatic hydroxyl groups is 1. The largest absolute Gasteiger partial charge is 0.394 e. The molecule has 1 aliphatic heterocycles. The molecule has 1 fully saturated rings. The van der Waals surface area contributed by atoms with Crippen LogP contribution in [0, 0.1) is 22.7 Å². The molecule has 0 bridgehead atoms. The number of nitrogens with two attached hydrogens (primary N) is 1. The van der Waals surface area contributed by atoms with Crippen LogP contribution in [0.4, 0.5) is 5.82 Å². The molecule has 3 rings (SSSR count). The molecule has 0 spiro atoms. The first-order chi connectivity index (χ1) is 16.0. The van der Waals surface area contributed by atoms with Gasteiger partial charge in [0.25, 0.3) is 0 Å². The second kappa shape index (κ2) is 11.7. The van der Waals surface area contributed by atoms with Crippen molar-refractivity contribution in [3.63, 3.8) is 0 Å². The molecule has 172 valence electrons. The van der Waals surface area contributed by atoms with E-state index in [-0.39, 0.29) is 12.7 Å². The second-order valence-corrected chi connectivity index (χ2v) is 8.73. The lowest BCUT2D eigenvalue weighted by atomic mass is 10.0. The molecule has 0 radical (unpaired) electrons. The maximum absolute atomic E-state index is 12.3. The molecular weight excluding hydrogens is 438 g/mol. The van der Waals surface area contributed by atoms with E-state index in [4.69, 9.17) is 20.6 Å². The predicted molar refractivity (Wildman–Crippen MR) is 126 cm³/mol. The number of benzene rings is 1. The van der Waals surface area contributed by atoms with Crippen molar-refractivity contribution in [2.75, 3.05) is 31.2 Å². The molecule has 2 aromatic rings. The molecule has 1 amide bonds. The summed E-state index contributed by atoms with van der Waals surface area (Å²) in [5.74, 6) is -0.00423.